The average molecular weight is 300 g/mol. The van der Waals surface area contributed by atoms with Crippen LogP contribution in [0.5, 0.6) is 0 Å². The first-order valence-electron chi connectivity index (χ1n) is 5.77. The van der Waals surface area contributed by atoms with Crippen molar-refractivity contribution in [2.75, 3.05) is 43.9 Å². The summed E-state index contributed by atoms with van der Waals surface area (Å²) in [5.74, 6) is 1.64. The molecule has 1 fully saturated rings. The second kappa shape index (κ2) is 5.18. The van der Waals surface area contributed by atoms with E-state index in [0.717, 1.165) is 29.9 Å². The first-order valence-corrected chi connectivity index (χ1v) is 6.56. The summed E-state index contributed by atoms with van der Waals surface area (Å²) in [5.41, 5.74) is 0. The Morgan fingerprint density at radius 2 is 2.24 bits per heavy atom. The second-order valence-electron chi connectivity index (χ2n) is 4.39. The average Bonchev–Trinajstić information content (AvgIpc) is 2.33. The van der Waals surface area contributed by atoms with Gasteiger partial charge in [0.1, 0.15) is 5.82 Å². The van der Waals surface area contributed by atoms with Crippen LogP contribution in [-0.4, -0.2) is 54.6 Å². The third kappa shape index (κ3) is 2.69. The van der Waals surface area contributed by atoms with Crippen LogP contribution >= 0.6 is 15.9 Å². The molecule has 1 aromatic rings. The van der Waals surface area contributed by atoms with Gasteiger partial charge in [-0.05, 0) is 29.9 Å². The fourth-order valence-corrected chi connectivity index (χ4v) is 2.38. The van der Waals surface area contributed by atoms with Crippen LogP contribution in [0.4, 0.5) is 11.8 Å². The van der Waals surface area contributed by atoms with Crippen molar-refractivity contribution in [3.63, 3.8) is 0 Å². The summed E-state index contributed by atoms with van der Waals surface area (Å²) >= 11 is 3.52. The van der Waals surface area contributed by atoms with E-state index in [1.807, 2.05) is 7.05 Å². The van der Waals surface area contributed by atoms with E-state index in [9.17, 15) is 0 Å². The molecular weight excluding hydrogens is 282 g/mol. The van der Waals surface area contributed by atoms with Crippen LogP contribution in [0, 0.1) is 0 Å². The fourth-order valence-electron chi connectivity index (χ4n) is 1.94. The maximum absolute atomic E-state index is 4.51. The molecule has 1 unspecified atom stereocenters. The van der Waals surface area contributed by atoms with Gasteiger partial charge >= 0.3 is 0 Å². The van der Waals surface area contributed by atoms with Crippen molar-refractivity contribution in [3.05, 3.63) is 10.7 Å². The topological polar surface area (TPSA) is 44.3 Å². The molecule has 5 nitrogen and oxygen atoms in total. The van der Waals surface area contributed by atoms with E-state index < -0.39 is 0 Å². The Balaban J connectivity index is 2.21. The predicted molar refractivity (Wildman–Crippen MR) is 73.6 cm³/mol. The molecule has 0 radical (unpaired) electrons. The van der Waals surface area contributed by atoms with Crippen LogP contribution in [0.2, 0.25) is 0 Å². The van der Waals surface area contributed by atoms with Gasteiger partial charge < -0.3 is 15.1 Å². The Hall–Kier alpha value is -0.880. The van der Waals surface area contributed by atoms with E-state index in [-0.39, 0.29) is 0 Å². The number of likely N-dealkylation sites (N-methyl/N-ethyl adjacent to an activating group) is 1. The molecular formula is C11H18BrN5. The molecule has 17 heavy (non-hydrogen) atoms. The molecule has 1 N–H and O–H groups in total. The van der Waals surface area contributed by atoms with Gasteiger partial charge in [0, 0.05) is 38.9 Å². The highest BCUT2D eigenvalue weighted by Crippen LogP contribution is 2.26. The lowest BCUT2D eigenvalue weighted by Crippen LogP contribution is -2.50. The van der Waals surface area contributed by atoms with Crippen molar-refractivity contribution in [1.82, 2.24) is 14.9 Å². The minimum absolute atomic E-state index is 0.545. The highest BCUT2D eigenvalue weighted by atomic mass is 79.9. The largest absolute Gasteiger partial charge is 0.357 e. The third-order valence-corrected chi connectivity index (χ3v) is 3.77. The number of piperazine rings is 1. The van der Waals surface area contributed by atoms with E-state index in [1.165, 1.54) is 0 Å². The quantitative estimate of drug-likeness (QED) is 0.895. The van der Waals surface area contributed by atoms with Gasteiger partial charge in [0.2, 0.25) is 5.95 Å². The molecule has 1 aliphatic heterocycles. The lowest BCUT2D eigenvalue weighted by atomic mass is 10.2. The molecule has 1 aromatic heterocycles. The molecule has 6 heteroatoms. The van der Waals surface area contributed by atoms with Gasteiger partial charge in [-0.25, -0.2) is 4.98 Å². The van der Waals surface area contributed by atoms with Crippen molar-refractivity contribution in [2.45, 2.75) is 13.0 Å². The normalized spacial score (nSPS) is 21.6. The predicted octanol–water partition coefficient (Wildman–Crippen LogP) is 1.42. The fraction of sp³-hybridized carbons (Fsp3) is 0.636. The minimum atomic E-state index is 0.545. The molecule has 94 valence electrons. The molecule has 0 saturated carbocycles. The van der Waals surface area contributed by atoms with Crippen LogP contribution in [0.1, 0.15) is 6.92 Å². The van der Waals surface area contributed by atoms with Gasteiger partial charge in [0.15, 0.2) is 0 Å². The number of halogens is 1. The van der Waals surface area contributed by atoms with E-state index in [1.54, 1.807) is 6.20 Å². The molecule has 1 aliphatic rings. The van der Waals surface area contributed by atoms with Crippen molar-refractivity contribution >= 4 is 27.7 Å². The van der Waals surface area contributed by atoms with E-state index in [2.05, 4.69) is 55.0 Å². The Morgan fingerprint density at radius 1 is 1.47 bits per heavy atom. The number of hydrogen-bond acceptors (Lipinski definition) is 5. The first-order chi connectivity index (χ1) is 8.11. The van der Waals surface area contributed by atoms with Crippen molar-refractivity contribution in [2.24, 2.45) is 0 Å². The van der Waals surface area contributed by atoms with Crippen LogP contribution in [0.3, 0.4) is 0 Å². The summed E-state index contributed by atoms with van der Waals surface area (Å²) in [5, 5.41) is 2.97. The Kier molecular flexibility index (Phi) is 3.83. The SMILES string of the molecule is CNc1ncc(Br)c(N2CCN(C)C(C)C2)n1. The van der Waals surface area contributed by atoms with Gasteiger partial charge in [-0.1, -0.05) is 0 Å². The van der Waals surface area contributed by atoms with E-state index in [0.29, 0.717) is 12.0 Å². The highest BCUT2D eigenvalue weighted by Gasteiger charge is 2.23. The molecule has 1 saturated heterocycles. The molecule has 1 atom stereocenters. The molecule has 0 amide bonds. The van der Waals surface area contributed by atoms with Gasteiger partial charge in [-0.3, -0.25) is 0 Å². The monoisotopic (exact) mass is 299 g/mol. The lowest BCUT2D eigenvalue weighted by Gasteiger charge is -2.38. The number of nitrogens with zero attached hydrogens (tertiary/aromatic N) is 4. The Labute approximate surface area is 110 Å². The van der Waals surface area contributed by atoms with Crippen LogP contribution < -0.4 is 10.2 Å². The number of anilines is 2. The molecule has 0 bridgehead atoms. The zero-order valence-electron chi connectivity index (χ0n) is 10.4. The Morgan fingerprint density at radius 3 is 2.88 bits per heavy atom. The van der Waals surface area contributed by atoms with Crippen molar-refractivity contribution < 1.29 is 0 Å². The Bertz CT molecular complexity index is 397. The van der Waals surface area contributed by atoms with Crippen LogP contribution in [-0.2, 0) is 0 Å². The summed E-state index contributed by atoms with van der Waals surface area (Å²) in [7, 11) is 4.00. The van der Waals surface area contributed by atoms with Gasteiger partial charge in [0.25, 0.3) is 0 Å². The van der Waals surface area contributed by atoms with E-state index in [4.69, 9.17) is 0 Å². The number of nitrogens with one attached hydrogen (secondary N) is 1. The van der Waals surface area contributed by atoms with Crippen molar-refractivity contribution in [1.29, 1.82) is 0 Å². The van der Waals surface area contributed by atoms with Crippen LogP contribution in [0.25, 0.3) is 0 Å². The van der Waals surface area contributed by atoms with E-state index >= 15 is 0 Å². The summed E-state index contributed by atoms with van der Waals surface area (Å²) in [4.78, 5) is 13.4. The molecule has 0 aromatic carbocycles. The summed E-state index contributed by atoms with van der Waals surface area (Å²) in [6, 6.07) is 0.545. The number of hydrogen-bond donors (Lipinski definition) is 1. The number of aromatic nitrogens is 2. The molecule has 2 rings (SSSR count). The third-order valence-electron chi connectivity index (χ3n) is 3.21. The maximum atomic E-state index is 4.51. The zero-order chi connectivity index (χ0) is 12.4. The van der Waals surface area contributed by atoms with Crippen molar-refractivity contribution in [3.8, 4) is 0 Å². The maximum Gasteiger partial charge on any atom is 0.224 e. The van der Waals surface area contributed by atoms with Gasteiger partial charge in [-0.2, -0.15) is 4.98 Å². The minimum Gasteiger partial charge on any atom is -0.357 e. The van der Waals surface area contributed by atoms with Crippen LogP contribution in [0.15, 0.2) is 10.7 Å². The van der Waals surface area contributed by atoms with Gasteiger partial charge in [0.05, 0.1) is 4.47 Å². The molecule has 0 aliphatic carbocycles. The number of rotatable bonds is 2. The lowest BCUT2D eigenvalue weighted by molar-refractivity contribution is 0.233. The highest BCUT2D eigenvalue weighted by molar-refractivity contribution is 9.10. The zero-order valence-corrected chi connectivity index (χ0v) is 12.0. The second-order valence-corrected chi connectivity index (χ2v) is 5.25. The standard InChI is InChI=1S/C11H18BrN5/c1-8-7-17(5-4-16(8)3)10-9(12)6-14-11(13-2)15-10/h6,8H,4-5,7H2,1-3H3,(H,13,14,15). The summed E-state index contributed by atoms with van der Waals surface area (Å²) < 4.78 is 0.952. The first kappa shape index (κ1) is 12.6. The summed E-state index contributed by atoms with van der Waals surface area (Å²) in [6.45, 7) is 5.29. The van der Waals surface area contributed by atoms with Gasteiger partial charge in [-0.15, -0.1) is 0 Å². The summed E-state index contributed by atoms with van der Waals surface area (Å²) in [6.07, 6.45) is 1.80. The smallest absolute Gasteiger partial charge is 0.224 e. The molecule has 0 spiro atoms. The molecule has 2 heterocycles.